The van der Waals surface area contributed by atoms with Gasteiger partial charge in [-0.05, 0) is 54.6 Å². The summed E-state index contributed by atoms with van der Waals surface area (Å²) in [5, 5.41) is 6.32. The van der Waals surface area contributed by atoms with E-state index in [1.54, 1.807) is 12.3 Å². The van der Waals surface area contributed by atoms with E-state index < -0.39 is 0 Å². The molecular formula is C26H23N7O. The van der Waals surface area contributed by atoms with Crippen molar-refractivity contribution < 1.29 is 4.74 Å². The number of anilines is 3. The third-order valence-corrected chi connectivity index (χ3v) is 5.73. The van der Waals surface area contributed by atoms with Crippen LogP contribution in [0.4, 0.5) is 17.3 Å². The van der Waals surface area contributed by atoms with Gasteiger partial charge in [0, 0.05) is 54.9 Å². The van der Waals surface area contributed by atoms with Gasteiger partial charge in [-0.1, -0.05) is 12.2 Å². The van der Waals surface area contributed by atoms with E-state index in [2.05, 4.69) is 60.8 Å². The molecule has 0 aliphatic carbocycles. The molecule has 0 saturated carbocycles. The van der Waals surface area contributed by atoms with Gasteiger partial charge in [0.05, 0.1) is 11.2 Å². The lowest BCUT2D eigenvalue weighted by Gasteiger charge is -2.16. The number of dihydropyridines is 1. The number of aromatic nitrogens is 3. The highest BCUT2D eigenvalue weighted by Gasteiger charge is 2.13. The predicted octanol–water partition coefficient (Wildman–Crippen LogP) is 5.33. The molecule has 0 saturated heterocycles. The van der Waals surface area contributed by atoms with Gasteiger partial charge in [-0.15, -0.1) is 0 Å². The molecule has 8 heteroatoms. The fraction of sp³-hybridized carbons (Fsp3) is 0.115. The normalized spacial score (nSPS) is 16.9. The summed E-state index contributed by atoms with van der Waals surface area (Å²) in [4.78, 5) is 13.4. The van der Waals surface area contributed by atoms with Crippen molar-refractivity contribution in [3.05, 3.63) is 91.4 Å². The fourth-order valence-corrected chi connectivity index (χ4v) is 4.08. The van der Waals surface area contributed by atoms with Crippen molar-refractivity contribution in [3.63, 3.8) is 0 Å². The Morgan fingerprint density at radius 2 is 1.97 bits per heavy atom. The van der Waals surface area contributed by atoms with Crippen LogP contribution in [0.25, 0.3) is 10.9 Å². The van der Waals surface area contributed by atoms with Gasteiger partial charge in [-0.3, -0.25) is 10.0 Å². The first kappa shape index (κ1) is 20.2. The average molecular weight is 450 g/mol. The summed E-state index contributed by atoms with van der Waals surface area (Å²) in [6.07, 6.45) is 14.8. The Balaban J connectivity index is 1.16. The number of nitrogens with zero attached hydrogens (tertiary/aromatic N) is 5. The minimum Gasteiger partial charge on any atom is -0.439 e. The maximum Gasteiger partial charge on any atom is 0.230 e. The molecule has 2 aromatic carbocycles. The molecule has 168 valence electrons. The summed E-state index contributed by atoms with van der Waals surface area (Å²) in [7, 11) is 0. The van der Waals surface area contributed by atoms with Crippen molar-refractivity contribution in [2.75, 3.05) is 16.9 Å². The van der Waals surface area contributed by atoms with Crippen LogP contribution in [0.5, 0.6) is 11.6 Å². The van der Waals surface area contributed by atoms with Crippen molar-refractivity contribution in [2.24, 2.45) is 4.99 Å². The van der Waals surface area contributed by atoms with Crippen LogP contribution in [-0.4, -0.2) is 27.3 Å². The number of rotatable bonds is 6. The van der Waals surface area contributed by atoms with E-state index in [1.165, 1.54) is 0 Å². The molecule has 4 aromatic rings. The lowest BCUT2D eigenvalue weighted by Crippen LogP contribution is -2.27. The van der Waals surface area contributed by atoms with Crippen LogP contribution in [0, 0.1) is 0 Å². The van der Waals surface area contributed by atoms with Gasteiger partial charge in [0.1, 0.15) is 11.9 Å². The van der Waals surface area contributed by atoms with Crippen molar-refractivity contribution in [1.29, 1.82) is 0 Å². The summed E-state index contributed by atoms with van der Waals surface area (Å²) in [5.41, 5.74) is 6.33. The molecular weight excluding hydrogens is 426 g/mol. The molecule has 4 heterocycles. The van der Waals surface area contributed by atoms with Gasteiger partial charge >= 0.3 is 0 Å². The SMILES string of the molecule is C1=CCC(n2ccc3cc(Oc4ccnc(Nc5ccc(N6C=CCN6)cc5)n4)ccc32)N=C1. The smallest absolute Gasteiger partial charge is 0.230 e. The first-order chi connectivity index (χ1) is 16.8. The van der Waals surface area contributed by atoms with Gasteiger partial charge in [0.2, 0.25) is 11.8 Å². The van der Waals surface area contributed by atoms with Gasteiger partial charge in [-0.2, -0.15) is 4.98 Å². The molecule has 2 N–H and O–H groups in total. The standard InChI is InChI=1S/C26H23N7O/c1-2-13-27-24(4-1)32-17-12-19-18-22(9-10-23(19)32)34-25-11-15-28-26(31-25)30-20-5-7-21(8-6-20)33-16-3-14-29-33/h1-3,5-13,15-18,24,29H,4,14H2,(H,28,30,31). The lowest BCUT2D eigenvalue weighted by molar-refractivity contribution is 0.463. The molecule has 1 atom stereocenters. The first-order valence-electron chi connectivity index (χ1n) is 11.2. The fourth-order valence-electron chi connectivity index (χ4n) is 4.08. The number of aliphatic imine (C=N–C) groups is 1. The largest absolute Gasteiger partial charge is 0.439 e. The number of ether oxygens (including phenoxy) is 1. The topological polar surface area (TPSA) is 79.6 Å². The number of hydrazine groups is 1. The van der Waals surface area contributed by atoms with Gasteiger partial charge < -0.3 is 14.6 Å². The molecule has 2 aliphatic rings. The molecule has 0 bridgehead atoms. The minimum atomic E-state index is 0.0990. The van der Waals surface area contributed by atoms with Crippen LogP contribution in [-0.2, 0) is 0 Å². The second-order valence-corrected chi connectivity index (χ2v) is 8.00. The van der Waals surface area contributed by atoms with Crippen LogP contribution in [0.15, 0.2) is 96.4 Å². The molecule has 0 fully saturated rings. The van der Waals surface area contributed by atoms with Crippen molar-refractivity contribution in [2.45, 2.75) is 12.6 Å². The highest BCUT2D eigenvalue weighted by molar-refractivity contribution is 5.82. The highest BCUT2D eigenvalue weighted by Crippen LogP contribution is 2.29. The Morgan fingerprint density at radius 3 is 2.79 bits per heavy atom. The molecule has 34 heavy (non-hydrogen) atoms. The molecule has 0 spiro atoms. The zero-order chi connectivity index (χ0) is 22.7. The first-order valence-corrected chi connectivity index (χ1v) is 11.2. The van der Waals surface area contributed by atoms with Crippen LogP contribution in [0.2, 0.25) is 0 Å². The van der Waals surface area contributed by atoms with E-state index in [0.717, 1.165) is 41.0 Å². The summed E-state index contributed by atoms with van der Waals surface area (Å²) >= 11 is 0. The Kier molecular flexibility index (Phi) is 5.25. The highest BCUT2D eigenvalue weighted by atomic mass is 16.5. The van der Waals surface area contributed by atoms with E-state index in [1.807, 2.05) is 59.9 Å². The Morgan fingerprint density at radius 1 is 1.03 bits per heavy atom. The third-order valence-electron chi connectivity index (χ3n) is 5.73. The molecule has 2 aliphatic heterocycles. The van der Waals surface area contributed by atoms with Gasteiger partial charge in [0.15, 0.2) is 0 Å². The van der Waals surface area contributed by atoms with E-state index in [-0.39, 0.29) is 6.17 Å². The van der Waals surface area contributed by atoms with Crippen molar-refractivity contribution >= 4 is 34.4 Å². The average Bonchev–Trinajstić information content (AvgIpc) is 3.56. The second-order valence-electron chi connectivity index (χ2n) is 8.00. The van der Waals surface area contributed by atoms with E-state index >= 15 is 0 Å². The quantitative estimate of drug-likeness (QED) is 0.414. The number of hydrogen-bond donors (Lipinski definition) is 2. The summed E-state index contributed by atoms with van der Waals surface area (Å²) in [5.74, 6) is 1.67. The lowest BCUT2D eigenvalue weighted by atomic mass is 10.2. The van der Waals surface area contributed by atoms with E-state index in [4.69, 9.17) is 4.74 Å². The zero-order valence-electron chi connectivity index (χ0n) is 18.4. The zero-order valence-corrected chi connectivity index (χ0v) is 18.4. The Bertz CT molecular complexity index is 1400. The number of fused-ring (bicyclic) bond motifs is 1. The van der Waals surface area contributed by atoms with E-state index in [9.17, 15) is 0 Å². The molecule has 2 aromatic heterocycles. The van der Waals surface area contributed by atoms with Gasteiger partial charge in [-0.25, -0.2) is 10.4 Å². The Hall–Kier alpha value is -4.43. The minimum absolute atomic E-state index is 0.0990. The maximum absolute atomic E-state index is 6.04. The number of hydrogen-bond acceptors (Lipinski definition) is 7. The van der Waals surface area contributed by atoms with Crippen LogP contribution in [0.1, 0.15) is 12.6 Å². The number of allylic oxidation sites excluding steroid dienone is 1. The van der Waals surface area contributed by atoms with Gasteiger partial charge in [0.25, 0.3) is 0 Å². The third kappa shape index (κ3) is 4.14. The summed E-state index contributed by atoms with van der Waals surface area (Å²) < 4.78 is 8.23. The monoisotopic (exact) mass is 449 g/mol. The summed E-state index contributed by atoms with van der Waals surface area (Å²) in [6.45, 7) is 0.839. The number of benzene rings is 2. The molecule has 1 unspecified atom stereocenters. The van der Waals surface area contributed by atoms with E-state index in [0.29, 0.717) is 11.8 Å². The van der Waals surface area contributed by atoms with Crippen LogP contribution < -0.4 is 20.5 Å². The molecule has 8 nitrogen and oxygen atoms in total. The van der Waals surface area contributed by atoms with Crippen LogP contribution >= 0.6 is 0 Å². The second kappa shape index (κ2) is 8.84. The van der Waals surface area contributed by atoms with Crippen LogP contribution in [0.3, 0.4) is 0 Å². The molecule has 6 rings (SSSR count). The maximum atomic E-state index is 6.04. The molecule has 0 radical (unpaired) electrons. The summed E-state index contributed by atoms with van der Waals surface area (Å²) in [6, 6.07) is 17.9. The number of nitrogens with one attached hydrogen (secondary N) is 2. The van der Waals surface area contributed by atoms with Crippen molar-refractivity contribution in [3.8, 4) is 11.6 Å². The predicted molar refractivity (Wildman–Crippen MR) is 135 cm³/mol. The Labute approximate surface area is 196 Å². The van der Waals surface area contributed by atoms with Crippen molar-refractivity contribution in [1.82, 2.24) is 20.0 Å². The molecule has 0 amide bonds.